The van der Waals surface area contributed by atoms with Crippen molar-refractivity contribution in [2.75, 3.05) is 13.6 Å². The molecule has 3 N–H and O–H groups in total. The van der Waals surface area contributed by atoms with Gasteiger partial charge in [-0.05, 0) is 26.7 Å². The Balaban J connectivity index is 0.00000242. The second-order valence-electron chi connectivity index (χ2n) is 5.98. The summed E-state index contributed by atoms with van der Waals surface area (Å²) in [7, 11) is 3.70. The van der Waals surface area contributed by atoms with E-state index in [1.807, 2.05) is 18.7 Å². The topological polar surface area (TPSA) is 74.5 Å². The molecule has 6 nitrogen and oxygen atoms in total. The van der Waals surface area contributed by atoms with Gasteiger partial charge in [0.05, 0.1) is 11.3 Å². The molecule has 0 saturated heterocycles. The molecule has 1 aromatic heterocycles. The zero-order valence-corrected chi connectivity index (χ0v) is 16.3. The molecule has 0 radical (unpaired) electrons. The highest BCUT2D eigenvalue weighted by molar-refractivity contribution is 14.0. The van der Waals surface area contributed by atoms with Gasteiger partial charge in [-0.15, -0.1) is 24.0 Å². The Labute approximate surface area is 149 Å². The van der Waals surface area contributed by atoms with Crippen LogP contribution in [0.5, 0.6) is 0 Å². The van der Waals surface area contributed by atoms with Gasteiger partial charge in [-0.3, -0.25) is 9.67 Å². The predicted octanol–water partition coefficient (Wildman–Crippen LogP) is 1.63. The lowest BCUT2D eigenvalue weighted by molar-refractivity contribution is 0.0522. The van der Waals surface area contributed by atoms with Gasteiger partial charge in [0.2, 0.25) is 0 Å². The van der Waals surface area contributed by atoms with E-state index < -0.39 is 5.60 Å². The lowest BCUT2D eigenvalue weighted by atomic mass is 10.0. The van der Waals surface area contributed by atoms with Crippen molar-refractivity contribution in [1.82, 2.24) is 20.4 Å². The van der Waals surface area contributed by atoms with Crippen molar-refractivity contribution in [3.05, 3.63) is 17.0 Å². The van der Waals surface area contributed by atoms with Crippen LogP contribution in [0.1, 0.15) is 42.6 Å². The molecule has 1 heterocycles. The van der Waals surface area contributed by atoms with Crippen LogP contribution in [0.3, 0.4) is 0 Å². The monoisotopic (exact) mass is 421 g/mol. The van der Waals surface area contributed by atoms with Crippen molar-refractivity contribution in [3.63, 3.8) is 0 Å². The number of hydrogen-bond donors (Lipinski definition) is 3. The first-order valence-electron chi connectivity index (χ1n) is 7.61. The number of guanidine groups is 1. The summed E-state index contributed by atoms with van der Waals surface area (Å²) < 4.78 is 1.89. The Bertz CT molecular complexity index is 520. The zero-order chi connectivity index (χ0) is 15.5. The first-order valence-corrected chi connectivity index (χ1v) is 7.61. The minimum atomic E-state index is -0.572. The highest BCUT2D eigenvalue weighted by Crippen LogP contribution is 2.28. The minimum Gasteiger partial charge on any atom is -0.388 e. The molecule has 1 aliphatic rings. The fourth-order valence-corrected chi connectivity index (χ4v) is 2.92. The number of nitrogens with zero attached hydrogens (tertiary/aromatic N) is 3. The molecule has 2 rings (SSSR count). The number of aromatic nitrogens is 2. The van der Waals surface area contributed by atoms with Gasteiger partial charge in [-0.1, -0.05) is 12.8 Å². The Morgan fingerprint density at radius 3 is 2.45 bits per heavy atom. The summed E-state index contributed by atoms with van der Waals surface area (Å²) in [5.74, 6) is 0.720. The molecule has 0 aromatic carbocycles. The number of nitrogens with one attached hydrogen (secondary N) is 2. The van der Waals surface area contributed by atoms with Crippen LogP contribution in [0, 0.1) is 13.8 Å². The van der Waals surface area contributed by atoms with Crippen LogP contribution in [0.15, 0.2) is 4.99 Å². The van der Waals surface area contributed by atoms with Gasteiger partial charge in [0.1, 0.15) is 0 Å². The number of rotatable bonds is 4. The van der Waals surface area contributed by atoms with E-state index in [0.717, 1.165) is 43.0 Å². The van der Waals surface area contributed by atoms with E-state index >= 15 is 0 Å². The molecule has 0 amide bonds. The van der Waals surface area contributed by atoms with Crippen LogP contribution in [0.4, 0.5) is 0 Å². The fourth-order valence-electron chi connectivity index (χ4n) is 2.92. The number of aryl methyl sites for hydroxylation is 2. The average molecular weight is 421 g/mol. The van der Waals surface area contributed by atoms with Gasteiger partial charge in [-0.2, -0.15) is 5.10 Å². The van der Waals surface area contributed by atoms with E-state index in [-0.39, 0.29) is 24.0 Å². The van der Waals surface area contributed by atoms with Crippen molar-refractivity contribution in [3.8, 4) is 0 Å². The van der Waals surface area contributed by atoms with E-state index in [0.29, 0.717) is 13.1 Å². The highest BCUT2D eigenvalue weighted by Gasteiger charge is 2.30. The molecule has 0 atom stereocenters. The van der Waals surface area contributed by atoms with Gasteiger partial charge >= 0.3 is 0 Å². The molecular formula is C15H28IN5O. The van der Waals surface area contributed by atoms with Crippen LogP contribution in [0.25, 0.3) is 0 Å². The van der Waals surface area contributed by atoms with E-state index in [1.165, 1.54) is 5.56 Å². The van der Waals surface area contributed by atoms with Gasteiger partial charge < -0.3 is 15.7 Å². The second-order valence-corrected chi connectivity index (χ2v) is 5.98. The van der Waals surface area contributed by atoms with Crippen molar-refractivity contribution < 1.29 is 5.11 Å². The fraction of sp³-hybridized carbons (Fsp3) is 0.733. The number of halogens is 1. The summed E-state index contributed by atoms with van der Waals surface area (Å²) in [4.78, 5) is 4.22. The summed E-state index contributed by atoms with van der Waals surface area (Å²) in [6.45, 7) is 5.32. The zero-order valence-electron chi connectivity index (χ0n) is 13.9. The smallest absolute Gasteiger partial charge is 0.191 e. The largest absolute Gasteiger partial charge is 0.388 e. The number of aliphatic imine (C=N–C) groups is 1. The third kappa shape index (κ3) is 4.58. The summed E-state index contributed by atoms with van der Waals surface area (Å²) in [6.07, 6.45) is 3.96. The van der Waals surface area contributed by atoms with Crippen molar-refractivity contribution in [2.24, 2.45) is 12.0 Å². The maximum Gasteiger partial charge on any atom is 0.191 e. The first kappa shape index (κ1) is 19.2. The van der Waals surface area contributed by atoms with Crippen molar-refractivity contribution in [2.45, 2.75) is 51.7 Å². The molecule has 0 aliphatic heterocycles. The summed E-state index contributed by atoms with van der Waals surface area (Å²) >= 11 is 0. The Kier molecular flexibility index (Phi) is 7.11. The van der Waals surface area contributed by atoms with Gasteiger partial charge in [0.15, 0.2) is 5.96 Å². The van der Waals surface area contributed by atoms with Gasteiger partial charge in [-0.25, -0.2) is 0 Å². The molecule has 22 heavy (non-hydrogen) atoms. The predicted molar refractivity (Wildman–Crippen MR) is 99.7 cm³/mol. The molecule has 7 heteroatoms. The SMILES string of the molecule is CN=C(NCc1c(C)nn(C)c1C)NCC1(O)CCCC1.I. The third-order valence-electron chi connectivity index (χ3n) is 4.43. The van der Waals surface area contributed by atoms with Crippen molar-refractivity contribution in [1.29, 1.82) is 0 Å². The molecule has 126 valence electrons. The van der Waals surface area contributed by atoms with Crippen LogP contribution in [-0.4, -0.2) is 40.0 Å². The standard InChI is InChI=1S/C15H27N5O.HI/c1-11-13(12(2)20(4)19-11)9-17-14(16-3)18-10-15(21)7-5-6-8-15;/h21H,5-10H2,1-4H3,(H2,16,17,18);1H. The normalized spacial score (nSPS) is 17.2. The summed E-state index contributed by atoms with van der Waals surface area (Å²) in [6, 6.07) is 0. The molecular weight excluding hydrogens is 393 g/mol. The van der Waals surface area contributed by atoms with E-state index in [9.17, 15) is 5.11 Å². The molecule has 0 bridgehead atoms. The Morgan fingerprint density at radius 2 is 1.95 bits per heavy atom. The van der Waals surface area contributed by atoms with Crippen molar-refractivity contribution >= 4 is 29.9 Å². The average Bonchev–Trinajstić information content (AvgIpc) is 2.98. The Morgan fingerprint density at radius 1 is 1.32 bits per heavy atom. The maximum absolute atomic E-state index is 10.4. The molecule has 1 saturated carbocycles. The molecule has 1 aromatic rings. The summed E-state index contributed by atoms with van der Waals surface area (Å²) in [5, 5.41) is 21.3. The minimum absolute atomic E-state index is 0. The van der Waals surface area contributed by atoms with E-state index in [2.05, 4.69) is 27.6 Å². The molecule has 1 aliphatic carbocycles. The molecule has 0 spiro atoms. The lowest BCUT2D eigenvalue weighted by Crippen LogP contribution is -2.45. The van der Waals surface area contributed by atoms with Crippen LogP contribution >= 0.6 is 24.0 Å². The molecule has 0 unspecified atom stereocenters. The van der Waals surface area contributed by atoms with Crippen LogP contribution in [-0.2, 0) is 13.6 Å². The Hall–Kier alpha value is -0.830. The lowest BCUT2D eigenvalue weighted by Gasteiger charge is -2.23. The van der Waals surface area contributed by atoms with E-state index in [4.69, 9.17) is 0 Å². The third-order valence-corrected chi connectivity index (χ3v) is 4.43. The van der Waals surface area contributed by atoms with Crippen LogP contribution < -0.4 is 10.6 Å². The van der Waals surface area contributed by atoms with Crippen LogP contribution in [0.2, 0.25) is 0 Å². The van der Waals surface area contributed by atoms with Gasteiger partial charge in [0.25, 0.3) is 0 Å². The molecule has 1 fully saturated rings. The number of hydrogen-bond acceptors (Lipinski definition) is 3. The van der Waals surface area contributed by atoms with Gasteiger partial charge in [0, 0.05) is 38.4 Å². The number of aliphatic hydroxyl groups is 1. The summed E-state index contributed by atoms with van der Waals surface area (Å²) in [5.41, 5.74) is 2.81. The quantitative estimate of drug-likeness (QED) is 0.393. The second kappa shape index (κ2) is 8.14. The maximum atomic E-state index is 10.4. The first-order chi connectivity index (χ1) is 9.95. The highest BCUT2D eigenvalue weighted by atomic mass is 127. The van der Waals surface area contributed by atoms with E-state index in [1.54, 1.807) is 7.05 Å².